The Kier molecular flexibility index (Phi) is 2.75. The molecule has 1 aromatic carbocycles. The van der Waals surface area contributed by atoms with Gasteiger partial charge in [0.2, 0.25) is 0 Å². The van der Waals surface area contributed by atoms with E-state index in [1.807, 2.05) is 0 Å². The van der Waals surface area contributed by atoms with Crippen molar-refractivity contribution in [3.8, 4) is 0 Å². The van der Waals surface area contributed by atoms with E-state index in [2.05, 4.69) is 0 Å². The molecule has 1 aromatic rings. The maximum atomic E-state index is 11.2. The van der Waals surface area contributed by atoms with Crippen LogP contribution in [0.5, 0.6) is 0 Å². The molecule has 0 unspecified atom stereocenters. The first-order chi connectivity index (χ1) is 5.82. The second-order valence-corrected chi connectivity index (χ2v) is 5.38. The fourth-order valence-electron chi connectivity index (χ4n) is 0.854. The summed E-state index contributed by atoms with van der Waals surface area (Å²) in [5.74, 6) is 0. The molecule has 3 nitrogen and oxygen atoms in total. The van der Waals surface area contributed by atoms with E-state index >= 15 is 0 Å². The number of hydrogen-bond acceptors (Lipinski definition) is 3. The maximum Gasteiger partial charge on any atom is 0.177 e. The smallest absolute Gasteiger partial charge is 0.177 e. The third-order valence-corrected chi connectivity index (χ3v) is 3.30. The number of benzene rings is 1. The molecule has 0 atom stereocenters. The van der Waals surface area contributed by atoms with Crippen LogP contribution in [0.1, 0.15) is 0 Å². The molecule has 72 valence electrons. The van der Waals surface area contributed by atoms with Crippen LogP contribution >= 0.6 is 23.2 Å². The lowest BCUT2D eigenvalue weighted by Gasteiger charge is -2.05. The molecule has 13 heavy (non-hydrogen) atoms. The first kappa shape index (κ1) is 10.6. The molecular formula is C7H7Cl2NO2S. The zero-order chi connectivity index (χ0) is 10.2. The van der Waals surface area contributed by atoms with Gasteiger partial charge in [0.25, 0.3) is 0 Å². The Morgan fingerprint density at radius 1 is 1.31 bits per heavy atom. The van der Waals surface area contributed by atoms with E-state index in [0.717, 1.165) is 6.26 Å². The number of rotatable bonds is 1. The van der Waals surface area contributed by atoms with Gasteiger partial charge in [-0.25, -0.2) is 8.42 Å². The summed E-state index contributed by atoms with van der Waals surface area (Å²) in [6.07, 6.45) is 1.05. The maximum absolute atomic E-state index is 11.2. The van der Waals surface area contributed by atoms with Crippen LogP contribution in [-0.2, 0) is 9.84 Å². The summed E-state index contributed by atoms with van der Waals surface area (Å²) in [5, 5.41) is 0.272. The minimum atomic E-state index is -3.37. The molecule has 0 saturated heterocycles. The molecule has 6 heteroatoms. The highest BCUT2D eigenvalue weighted by molar-refractivity contribution is 7.90. The van der Waals surface area contributed by atoms with Crippen LogP contribution in [0.3, 0.4) is 0 Å². The van der Waals surface area contributed by atoms with Gasteiger partial charge >= 0.3 is 0 Å². The number of nitrogen functional groups attached to an aromatic ring is 1. The predicted molar refractivity (Wildman–Crippen MR) is 54.0 cm³/mol. The summed E-state index contributed by atoms with van der Waals surface area (Å²) < 4.78 is 22.3. The molecule has 0 heterocycles. The fourth-order valence-corrected chi connectivity index (χ4v) is 2.46. The standard InChI is InChI=1S/C7H7Cl2NO2S/c1-13(11,12)6-3-4(8)2-5(10)7(6)9/h2-3H,10H2,1H3. The molecule has 0 radical (unpaired) electrons. The fraction of sp³-hybridized carbons (Fsp3) is 0.143. The summed E-state index contributed by atoms with van der Waals surface area (Å²) in [6.45, 7) is 0. The quantitative estimate of drug-likeness (QED) is 0.763. The zero-order valence-electron chi connectivity index (χ0n) is 6.71. The monoisotopic (exact) mass is 239 g/mol. The van der Waals surface area contributed by atoms with Crippen molar-refractivity contribution < 1.29 is 8.42 Å². The van der Waals surface area contributed by atoms with E-state index in [0.29, 0.717) is 0 Å². The number of nitrogens with two attached hydrogens (primary N) is 1. The Balaban J connectivity index is 3.56. The van der Waals surface area contributed by atoms with Gasteiger partial charge in [-0.1, -0.05) is 23.2 Å². The topological polar surface area (TPSA) is 60.2 Å². The Morgan fingerprint density at radius 3 is 2.31 bits per heavy atom. The molecule has 0 bridgehead atoms. The molecule has 0 spiro atoms. The van der Waals surface area contributed by atoms with Crippen LogP contribution in [0.4, 0.5) is 5.69 Å². The van der Waals surface area contributed by atoms with Crippen LogP contribution in [0.2, 0.25) is 10.0 Å². The molecular weight excluding hydrogens is 233 g/mol. The number of anilines is 1. The summed E-state index contributed by atoms with van der Waals surface area (Å²) in [7, 11) is -3.37. The molecule has 0 amide bonds. The third-order valence-electron chi connectivity index (χ3n) is 1.43. The molecule has 0 aliphatic rings. The summed E-state index contributed by atoms with van der Waals surface area (Å²) in [4.78, 5) is -0.0424. The lowest BCUT2D eigenvalue weighted by Crippen LogP contribution is -2.00. The molecule has 0 aromatic heterocycles. The summed E-state index contributed by atoms with van der Waals surface area (Å²) >= 11 is 11.3. The average Bonchev–Trinajstić information content (AvgIpc) is 1.94. The largest absolute Gasteiger partial charge is 0.397 e. The average molecular weight is 240 g/mol. The van der Waals surface area contributed by atoms with E-state index in [9.17, 15) is 8.42 Å². The first-order valence-electron chi connectivity index (χ1n) is 3.27. The van der Waals surface area contributed by atoms with Gasteiger partial charge in [-0.3, -0.25) is 0 Å². The summed E-state index contributed by atoms with van der Waals surface area (Å²) in [6, 6.07) is 2.67. The van der Waals surface area contributed by atoms with Crippen LogP contribution in [-0.4, -0.2) is 14.7 Å². The van der Waals surface area contributed by atoms with E-state index in [1.54, 1.807) is 0 Å². The highest BCUT2D eigenvalue weighted by Crippen LogP contribution is 2.30. The highest BCUT2D eigenvalue weighted by atomic mass is 35.5. The van der Waals surface area contributed by atoms with Crippen molar-refractivity contribution >= 4 is 38.7 Å². The van der Waals surface area contributed by atoms with Gasteiger partial charge in [-0.05, 0) is 12.1 Å². The SMILES string of the molecule is CS(=O)(=O)c1cc(Cl)cc(N)c1Cl. The number of hydrogen-bond donors (Lipinski definition) is 1. The van der Waals surface area contributed by atoms with Crippen LogP contribution in [0, 0.1) is 0 Å². The Bertz CT molecular complexity index is 442. The Morgan fingerprint density at radius 2 is 1.85 bits per heavy atom. The Labute approximate surface area is 86.4 Å². The second-order valence-electron chi connectivity index (χ2n) is 2.58. The first-order valence-corrected chi connectivity index (χ1v) is 5.91. The molecule has 0 fully saturated rings. The van der Waals surface area contributed by atoms with E-state index in [-0.39, 0.29) is 20.6 Å². The van der Waals surface area contributed by atoms with Crippen LogP contribution in [0.25, 0.3) is 0 Å². The Hall–Kier alpha value is -0.450. The van der Waals surface area contributed by atoms with Gasteiger partial charge in [0.05, 0.1) is 15.6 Å². The molecule has 0 saturated carbocycles. The van der Waals surface area contributed by atoms with Crippen molar-refractivity contribution in [2.75, 3.05) is 12.0 Å². The van der Waals surface area contributed by atoms with Crippen LogP contribution in [0.15, 0.2) is 17.0 Å². The number of sulfone groups is 1. The molecule has 0 aliphatic carbocycles. The lowest BCUT2D eigenvalue weighted by atomic mass is 10.3. The lowest BCUT2D eigenvalue weighted by molar-refractivity contribution is 0.602. The van der Waals surface area contributed by atoms with Crippen molar-refractivity contribution in [1.82, 2.24) is 0 Å². The molecule has 0 aliphatic heterocycles. The van der Waals surface area contributed by atoms with Gasteiger partial charge in [0.15, 0.2) is 9.84 Å². The predicted octanol–water partition coefficient (Wildman–Crippen LogP) is 1.98. The normalized spacial score (nSPS) is 11.6. The molecule has 2 N–H and O–H groups in total. The second kappa shape index (κ2) is 3.36. The summed E-state index contributed by atoms with van der Waals surface area (Å²) in [5.41, 5.74) is 5.60. The van der Waals surface area contributed by atoms with Crippen molar-refractivity contribution in [3.05, 3.63) is 22.2 Å². The van der Waals surface area contributed by atoms with Crippen molar-refractivity contribution in [2.24, 2.45) is 0 Å². The van der Waals surface area contributed by atoms with E-state index < -0.39 is 9.84 Å². The van der Waals surface area contributed by atoms with Crippen molar-refractivity contribution in [2.45, 2.75) is 4.90 Å². The van der Waals surface area contributed by atoms with Gasteiger partial charge in [0.1, 0.15) is 0 Å². The minimum absolute atomic E-state index is 0.0203. The van der Waals surface area contributed by atoms with E-state index in [1.165, 1.54) is 12.1 Å². The highest BCUT2D eigenvalue weighted by Gasteiger charge is 2.15. The third kappa shape index (κ3) is 2.27. The van der Waals surface area contributed by atoms with Gasteiger partial charge in [0, 0.05) is 11.3 Å². The molecule has 1 rings (SSSR count). The zero-order valence-corrected chi connectivity index (χ0v) is 9.04. The van der Waals surface area contributed by atoms with Gasteiger partial charge in [-0.15, -0.1) is 0 Å². The van der Waals surface area contributed by atoms with Crippen molar-refractivity contribution in [1.29, 1.82) is 0 Å². The number of halogens is 2. The van der Waals surface area contributed by atoms with Gasteiger partial charge < -0.3 is 5.73 Å². The van der Waals surface area contributed by atoms with Crippen molar-refractivity contribution in [3.63, 3.8) is 0 Å². The minimum Gasteiger partial charge on any atom is -0.397 e. The van der Waals surface area contributed by atoms with Crippen LogP contribution < -0.4 is 5.73 Å². The van der Waals surface area contributed by atoms with Gasteiger partial charge in [-0.2, -0.15) is 0 Å². The van der Waals surface area contributed by atoms with E-state index in [4.69, 9.17) is 28.9 Å².